The molecule has 0 bridgehead atoms. The molecule has 1 rings (SSSR count). The maximum Gasteiger partial charge on any atom is 0.0187 e. The van der Waals surface area contributed by atoms with Gasteiger partial charge < -0.3 is 5.32 Å². The molecule has 3 atom stereocenters. The number of hydrogen-bond acceptors (Lipinski definition) is 1. The molecular formula is C10H20IN. The number of nitrogens with one attached hydrogen (secondary N) is 1. The van der Waals surface area contributed by atoms with Gasteiger partial charge >= 0.3 is 0 Å². The minimum Gasteiger partial charge on any atom is -0.314 e. The van der Waals surface area contributed by atoms with Gasteiger partial charge in [0.15, 0.2) is 0 Å². The molecule has 0 aromatic rings. The van der Waals surface area contributed by atoms with Crippen LogP contribution in [0.1, 0.15) is 27.7 Å². The van der Waals surface area contributed by atoms with Crippen LogP contribution in [0, 0.1) is 17.8 Å². The fraction of sp³-hybridized carbons (Fsp3) is 1.00. The van der Waals surface area contributed by atoms with Crippen LogP contribution in [0.2, 0.25) is 0 Å². The van der Waals surface area contributed by atoms with Gasteiger partial charge in [-0.2, -0.15) is 0 Å². The van der Waals surface area contributed by atoms with E-state index in [1.54, 1.807) is 0 Å². The summed E-state index contributed by atoms with van der Waals surface area (Å²) in [7, 11) is 0. The van der Waals surface area contributed by atoms with Gasteiger partial charge in [0.1, 0.15) is 0 Å². The third-order valence-corrected chi connectivity index (χ3v) is 4.42. The van der Waals surface area contributed by atoms with Gasteiger partial charge in [0.05, 0.1) is 0 Å². The first-order valence-corrected chi connectivity index (χ1v) is 6.16. The van der Waals surface area contributed by atoms with Crippen LogP contribution >= 0.6 is 22.6 Å². The zero-order chi connectivity index (χ0) is 9.30. The van der Waals surface area contributed by atoms with Crippen molar-refractivity contribution in [3.63, 3.8) is 0 Å². The van der Waals surface area contributed by atoms with Crippen LogP contribution in [-0.4, -0.2) is 16.5 Å². The average Bonchev–Trinajstić information content (AvgIpc) is 2.57. The minimum absolute atomic E-state index is 0.641. The molecular weight excluding hydrogens is 261 g/mol. The summed E-state index contributed by atoms with van der Waals surface area (Å²) in [5, 5.41) is 3.52. The molecule has 0 spiro atoms. The molecule has 1 nitrogen and oxygen atoms in total. The Balaban J connectivity index is 2.20. The van der Waals surface area contributed by atoms with E-state index in [2.05, 4.69) is 55.6 Å². The van der Waals surface area contributed by atoms with E-state index in [-0.39, 0.29) is 0 Å². The lowest BCUT2D eigenvalue weighted by atomic mass is 10.1. The van der Waals surface area contributed by atoms with Crippen molar-refractivity contribution in [1.82, 2.24) is 5.32 Å². The topological polar surface area (TPSA) is 12.0 Å². The van der Waals surface area contributed by atoms with Crippen molar-refractivity contribution >= 4 is 22.6 Å². The maximum atomic E-state index is 3.52. The van der Waals surface area contributed by atoms with Crippen molar-refractivity contribution in [2.75, 3.05) is 6.54 Å². The molecule has 1 fully saturated rings. The minimum atomic E-state index is 0.641. The van der Waals surface area contributed by atoms with Gasteiger partial charge in [0.25, 0.3) is 0 Å². The predicted molar refractivity (Wildman–Crippen MR) is 62.8 cm³/mol. The van der Waals surface area contributed by atoms with Gasteiger partial charge in [-0.05, 0) is 24.3 Å². The molecule has 1 saturated carbocycles. The van der Waals surface area contributed by atoms with E-state index in [1.807, 2.05) is 0 Å². The molecule has 72 valence electrons. The van der Waals surface area contributed by atoms with Crippen LogP contribution in [0.15, 0.2) is 0 Å². The second-order valence-corrected chi connectivity index (χ2v) is 5.93. The zero-order valence-electron chi connectivity index (χ0n) is 8.47. The highest BCUT2D eigenvalue weighted by Gasteiger charge is 2.49. The Labute approximate surface area is 89.8 Å². The largest absolute Gasteiger partial charge is 0.314 e. The second-order valence-electron chi connectivity index (χ2n) is 4.49. The molecule has 0 amide bonds. The first-order valence-electron chi connectivity index (χ1n) is 4.91. The van der Waals surface area contributed by atoms with Gasteiger partial charge in [-0.25, -0.2) is 0 Å². The van der Waals surface area contributed by atoms with Crippen LogP contribution in [-0.2, 0) is 0 Å². The van der Waals surface area contributed by atoms with Crippen molar-refractivity contribution in [3.05, 3.63) is 0 Å². The summed E-state index contributed by atoms with van der Waals surface area (Å²) in [6.07, 6.45) is 0. The van der Waals surface area contributed by atoms with E-state index in [9.17, 15) is 0 Å². The summed E-state index contributed by atoms with van der Waals surface area (Å²) in [4.78, 5) is 0. The van der Waals surface area contributed by atoms with E-state index in [4.69, 9.17) is 0 Å². The van der Waals surface area contributed by atoms with E-state index in [0.29, 0.717) is 6.04 Å². The molecule has 1 N–H and O–H groups in total. The van der Waals surface area contributed by atoms with Crippen LogP contribution in [0.5, 0.6) is 0 Å². The third-order valence-electron chi connectivity index (χ3n) is 2.66. The molecule has 3 unspecified atom stereocenters. The molecule has 12 heavy (non-hydrogen) atoms. The first-order chi connectivity index (χ1) is 5.54. The summed E-state index contributed by atoms with van der Waals surface area (Å²) in [6.45, 7) is 10.3. The molecule has 2 heteroatoms. The number of halogens is 1. The molecule has 1 aliphatic rings. The summed E-state index contributed by atoms with van der Waals surface area (Å²) >= 11 is 2.60. The van der Waals surface area contributed by atoms with Crippen LogP contribution < -0.4 is 5.32 Å². The molecule has 0 aromatic heterocycles. The lowest BCUT2D eigenvalue weighted by Crippen LogP contribution is -2.25. The van der Waals surface area contributed by atoms with E-state index in [1.165, 1.54) is 6.54 Å². The number of rotatable bonds is 4. The molecule has 0 aliphatic heterocycles. The summed E-state index contributed by atoms with van der Waals surface area (Å²) in [5.41, 5.74) is 0. The SMILES string of the molecule is CC(C)NCC1C(I)C1C(C)C. The predicted octanol–water partition coefficient (Wildman–Crippen LogP) is 2.69. The highest BCUT2D eigenvalue weighted by atomic mass is 127. The Morgan fingerprint density at radius 1 is 1.25 bits per heavy atom. The van der Waals surface area contributed by atoms with Gasteiger partial charge in [0, 0.05) is 9.97 Å². The van der Waals surface area contributed by atoms with Crippen molar-refractivity contribution in [2.24, 2.45) is 17.8 Å². The van der Waals surface area contributed by atoms with Gasteiger partial charge in [-0.15, -0.1) is 0 Å². The van der Waals surface area contributed by atoms with E-state index < -0.39 is 0 Å². The Bertz CT molecular complexity index is 145. The summed E-state index contributed by atoms with van der Waals surface area (Å²) in [5.74, 6) is 2.77. The highest BCUT2D eigenvalue weighted by Crippen LogP contribution is 2.49. The van der Waals surface area contributed by atoms with Crippen molar-refractivity contribution in [2.45, 2.75) is 37.7 Å². The van der Waals surface area contributed by atoms with Crippen LogP contribution in [0.25, 0.3) is 0 Å². The zero-order valence-corrected chi connectivity index (χ0v) is 10.6. The quantitative estimate of drug-likeness (QED) is 0.617. The van der Waals surface area contributed by atoms with E-state index in [0.717, 1.165) is 21.7 Å². The average molecular weight is 281 g/mol. The number of alkyl halides is 1. The van der Waals surface area contributed by atoms with Gasteiger partial charge in [0.2, 0.25) is 0 Å². The Kier molecular flexibility index (Phi) is 3.83. The van der Waals surface area contributed by atoms with Crippen LogP contribution in [0.3, 0.4) is 0 Å². The van der Waals surface area contributed by atoms with E-state index >= 15 is 0 Å². The maximum absolute atomic E-state index is 3.52. The lowest BCUT2D eigenvalue weighted by molar-refractivity contribution is 0.480. The Morgan fingerprint density at radius 3 is 2.17 bits per heavy atom. The smallest absolute Gasteiger partial charge is 0.0187 e. The summed E-state index contributed by atoms with van der Waals surface area (Å²) in [6, 6.07) is 0.641. The van der Waals surface area contributed by atoms with Crippen molar-refractivity contribution < 1.29 is 0 Å². The van der Waals surface area contributed by atoms with Crippen LogP contribution in [0.4, 0.5) is 0 Å². The Hall–Kier alpha value is 0.690. The molecule has 0 radical (unpaired) electrons. The van der Waals surface area contributed by atoms with Gasteiger partial charge in [-0.1, -0.05) is 50.3 Å². The monoisotopic (exact) mass is 281 g/mol. The van der Waals surface area contributed by atoms with Crippen molar-refractivity contribution in [1.29, 1.82) is 0 Å². The molecule has 0 heterocycles. The fourth-order valence-corrected chi connectivity index (χ4v) is 3.70. The van der Waals surface area contributed by atoms with Crippen molar-refractivity contribution in [3.8, 4) is 0 Å². The first kappa shape index (κ1) is 10.8. The highest BCUT2D eigenvalue weighted by molar-refractivity contribution is 14.1. The third kappa shape index (κ3) is 2.59. The molecule has 1 aliphatic carbocycles. The standard InChI is InChI=1S/C10H20IN/c1-6(2)9-8(10(9)11)5-12-7(3)4/h6-10,12H,5H2,1-4H3. The normalized spacial score (nSPS) is 34.8. The lowest BCUT2D eigenvalue weighted by Gasteiger charge is -2.07. The Morgan fingerprint density at radius 2 is 1.83 bits per heavy atom. The number of hydrogen-bond donors (Lipinski definition) is 1. The molecule has 0 aromatic carbocycles. The molecule has 0 saturated heterocycles. The fourth-order valence-electron chi connectivity index (χ4n) is 1.84. The summed E-state index contributed by atoms with van der Waals surface area (Å²) < 4.78 is 0.925. The second kappa shape index (κ2) is 4.27. The van der Waals surface area contributed by atoms with Gasteiger partial charge in [-0.3, -0.25) is 0 Å².